The number of ether oxygens (including phenoxy) is 1. The quantitative estimate of drug-likeness (QED) is 0.880. The van der Waals surface area contributed by atoms with Gasteiger partial charge in [-0.1, -0.05) is 35.9 Å². The first-order chi connectivity index (χ1) is 10.1. The lowest BCUT2D eigenvalue weighted by molar-refractivity contribution is -0.126. The van der Waals surface area contributed by atoms with Crippen LogP contribution >= 0.6 is 0 Å². The number of hydrogen-bond acceptors (Lipinski definition) is 3. The standard InChI is InChI=1S/C17H18N2O2/c1-11-6-8-12(9-7-11)16-15(18)17(20)19(16)13-4-3-5-14(10-13)21-2/h3-10,15-16H,18H2,1-2H3/t15-,16+/m1/s1. The topological polar surface area (TPSA) is 55.6 Å². The second-order valence-electron chi connectivity index (χ2n) is 5.29. The van der Waals surface area contributed by atoms with E-state index < -0.39 is 6.04 Å². The van der Waals surface area contributed by atoms with Crippen LogP contribution in [0.25, 0.3) is 0 Å². The first-order valence-corrected chi connectivity index (χ1v) is 6.91. The van der Waals surface area contributed by atoms with Crippen molar-refractivity contribution >= 4 is 11.6 Å². The summed E-state index contributed by atoms with van der Waals surface area (Å²) in [4.78, 5) is 13.9. The summed E-state index contributed by atoms with van der Waals surface area (Å²) in [5.41, 5.74) is 9.06. The van der Waals surface area contributed by atoms with Gasteiger partial charge in [-0.15, -0.1) is 0 Å². The molecule has 0 unspecified atom stereocenters. The number of β-lactam (4-membered cyclic amide) rings is 1. The smallest absolute Gasteiger partial charge is 0.247 e. The number of carbonyl (C=O) groups is 1. The molecule has 0 spiro atoms. The highest BCUT2D eigenvalue weighted by atomic mass is 16.5. The third-order valence-corrected chi connectivity index (χ3v) is 3.89. The minimum Gasteiger partial charge on any atom is -0.497 e. The fourth-order valence-corrected chi connectivity index (χ4v) is 2.68. The second kappa shape index (κ2) is 5.22. The number of amides is 1. The number of methoxy groups -OCH3 is 1. The number of aryl methyl sites for hydroxylation is 1. The molecule has 3 rings (SSSR count). The fourth-order valence-electron chi connectivity index (χ4n) is 2.68. The van der Waals surface area contributed by atoms with Gasteiger partial charge in [-0.05, 0) is 24.6 Å². The Morgan fingerprint density at radius 3 is 2.52 bits per heavy atom. The lowest BCUT2D eigenvalue weighted by atomic mass is 9.88. The SMILES string of the molecule is COc1cccc(N2C(=O)[C@H](N)[C@@H]2c2ccc(C)cc2)c1. The van der Waals surface area contributed by atoms with E-state index in [1.165, 1.54) is 5.56 Å². The fraction of sp³-hybridized carbons (Fsp3) is 0.235. The minimum atomic E-state index is -0.487. The molecule has 1 saturated heterocycles. The van der Waals surface area contributed by atoms with Crippen LogP contribution in [0.4, 0.5) is 5.69 Å². The second-order valence-corrected chi connectivity index (χ2v) is 5.29. The van der Waals surface area contributed by atoms with Crippen LogP contribution in [0.5, 0.6) is 5.75 Å². The average Bonchev–Trinajstić information content (AvgIpc) is 2.52. The van der Waals surface area contributed by atoms with E-state index in [4.69, 9.17) is 10.5 Å². The molecular weight excluding hydrogens is 264 g/mol. The van der Waals surface area contributed by atoms with Crippen LogP contribution in [-0.4, -0.2) is 19.1 Å². The number of nitrogens with zero attached hydrogens (tertiary/aromatic N) is 1. The van der Waals surface area contributed by atoms with E-state index in [1.807, 2.05) is 55.5 Å². The van der Waals surface area contributed by atoms with E-state index in [-0.39, 0.29) is 11.9 Å². The number of benzene rings is 2. The van der Waals surface area contributed by atoms with Gasteiger partial charge in [-0.25, -0.2) is 0 Å². The molecular formula is C17H18N2O2. The molecule has 0 bridgehead atoms. The molecule has 2 N–H and O–H groups in total. The summed E-state index contributed by atoms with van der Waals surface area (Å²) in [6, 6.07) is 15.0. The van der Waals surface area contributed by atoms with Crippen molar-refractivity contribution in [3.8, 4) is 5.75 Å². The molecule has 2 aromatic carbocycles. The molecule has 2 aromatic rings. The lowest BCUT2D eigenvalue weighted by Gasteiger charge is -2.45. The van der Waals surface area contributed by atoms with Crippen molar-refractivity contribution in [1.82, 2.24) is 0 Å². The summed E-state index contributed by atoms with van der Waals surface area (Å²) in [5.74, 6) is 0.664. The van der Waals surface area contributed by atoms with Gasteiger partial charge in [0.25, 0.3) is 0 Å². The van der Waals surface area contributed by atoms with Crippen molar-refractivity contribution < 1.29 is 9.53 Å². The predicted octanol–water partition coefficient (Wildman–Crippen LogP) is 2.42. The predicted molar refractivity (Wildman–Crippen MR) is 82.4 cm³/mol. The third-order valence-electron chi connectivity index (χ3n) is 3.89. The van der Waals surface area contributed by atoms with Gasteiger partial charge in [-0.2, -0.15) is 0 Å². The third kappa shape index (κ3) is 2.28. The highest BCUT2D eigenvalue weighted by Gasteiger charge is 2.46. The zero-order valence-electron chi connectivity index (χ0n) is 12.1. The molecule has 108 valence electrons. The van der Waals surface area contributed by atoms with Gasteiger partial charge >= 0.3 is 0 Å². The summed E-state index contributed by atoms with van der Waals surface area (Å²) >= 11 is 0. The van der Waals surface area contributed by atoms with Gasteiger partial charge in [0.05, 0.1) is 13.2 Å². The van der Waals surface area contributed by atoms with Crippen LogP contribution in [0.15, 0.2) is 48.5 Å². The molecule has 0 aromatic heterocycles. The van der Waals surface area contributed by atoms with Crippen LogP contribution in [0, 0.1) is 6.92 Å². The van der Waals surface area contributed by atoms with Crippen molar-refractivity contribution in [2.24, 2.45) is 5.73 Å². The number of rotatable bonds is 3. The molecule has 1 heterocycles. The normalized spacial score (nSPS) is 21.1. The molecule has 1 fully saturated rings. The van der Waals surface area contributed by atoms with Gasteiger partial charge in [0.2, 0.25) is 5.91 Å². The lowest BCUT2D eigenvalue weighted by Crippen LogP contribution is -2.63. The molecule has 1 aliphatic rings. The Bertz CT molecular complexity index is 667. The molecule has 1 aliphatic heterocycles. The summed E-state index contributed by atoms with van der Waals surface area (Å²) in [7, 11) is 1.61. The summed E-state index contributed by atoms with van der Waals surface area (Å²) in [5, 5.41) is 0. The Kier molecular flexibility index (Phi) is 3.39. The Morgan fingerprint density at radius 1 is 1.14 bits per heavy atom. The van der Waals surface area contributed by atoms with Crippen LogP contribution < -0.4 is 15.4 Å². The van der Waals surface area contributed by atoms with Crippen LogP contribution in [0.1, 0.15) is 17.2 Å². The number of anilines is 1. The van der Waals surface area contributed by atoms with Gasteiger partial charge < -0.3 is 15.4 Å². The van der Waals surface area contributed by atoms with E-state index >= 15 is 0 Å². The first-order valence-electron chi connectivity index (χ1n) is 6.91. The molecule has 0 saturated carbocycles. The van der Waals surface area contributed by atoms with E-state index in [2.05, 4.69) is 0 Å². The Morgan fingerprint density at radius 2 is 1.86 bits per heavy atom. The van der Waals surface area contributed by atoms with Crippen molar-refractivity contribution in [3.63, 3.8) is 0 Å². The van der Waals surface area contributed by atoms with Gasteiger partial charge in [-0.3, -0.25) is 4.79 Å². The number of nitrogens with two attached hydrogens (primary N) is 1. The van der Waals surface area contributed by atoms with Crippen molar-refractivity contribution in [3.05, 3.63) is 59.7 Å². The minimum absolute atomic E-state index is 0.0613. The first kappa shape index (κ1) is 13.6. The summed E-state index contributed by atoms with van der Waals surface area (Å²) in [6.07, 6.45) is 0. The number of hydrogen-bond donors (Lipinski definition) is 1. The maximum absolute atomic E-state index is 12.2. The van der Waals surface area contributed by atoms with Crippen molar-refractivity contribution in [2.45, 2.75) is 19.0 Å². The van der Waals surface area contributed by atoms with E-state index in [0.29, 0.717) is 0 Å². The molecule has 0 aliphatic carbocycles. The molecule has 4 nitrogen and oxygen atoms in total. The zero-order valence-corrected chi connectivity index (χ0v) is 12.1. The van der Waals surface area contributed by atoms with Crippen molar-refractivity contribution in [1.29, 1.82) is 0 Å². The zero-order chi connectivity index (χ0) is 15.0. The van der Waals surface area contributed by atoms with Gasteiger partial charge in [0.15, 0.2) is 0 Å². The van der Waals surface area contributed by atoms with Crippen LogP contribution in [-0.2, 0) is 4.79 Å². The molecule has 21 heavy (non-hydrogen) atoms. The maximum atomic E-state index is 12.2. The van der Waals surface area contributed by atoms with E-state index in [0.717, 1.165) is 17.0 Å². The van der Waals surface area contributed by atoms with Crippen LogP contribution in [0.3, 0.4) is 0 Å². The molecule has 2 atom stereocenters. The molecule has 1 amide bonds. The number of carbonyl (C=O) groups excluding carboxylic acids is 1. The maximum Gasteiger partial charge on any atom is 0.247 e. The molecule has 0 radical (unpaired) electrons. The van der Waals surface area contributed by atoms with Crippen molar-refractivity contribution in [2.75, 3.05) is 12.0 Å². The van der Waals surface area contributed by atoms with Crippen LogP contribution in [0.2, 0.25) is 0 Å². The van der Waals surface area contributed by atoms with E-state index in [9.17, 15) is 4.79 Å². The Balaban J connectivity index is 1.96. The van der Waals surface area contributed by atoms with E-state index in [1.54, 1.807) is 12.0 Å². The Labute approximate surface area is 124 Å². The summed E-state index contributed by atoms with van der Waals surface area (Å²) < 4.78 is 5.22. The highest BCUT2D eigenvalue weighted by Crippen LogP contribution is 2.39. The Hall–Kier alpha value is -2.33. The average molecular weight is 282 g/mol. The highest BCUT2D eigenvalue weighted by molar-refractivity contribution is 6.05. The van der Waals surface area contributed by atoms with Gasteiger partial charge in [0, 0.05) is 11.8 Å². The monoisotopic (exact) mass is 282 g/mol. The largest absolute Gasteiger partial charge is 0.497 e. The summed E-state index contributed by atoms with van der Waals surface area (Å²) in [6.45, 7) is 2.04. The molecule has 4 heteroatoms. The van der Waals surface area contributed by atoms with Gasteiger partial charge in [0.1, 0.15) is 11.8 Å².